The first-order valence-electron chi connectivity index (χ1n) is 7.74. The lowest BCUT2D eigenvalue weighted by atomic mass is 9.81. The van der Waals surface area contributed by atoms with Crippen molar-refractivity contribution in [1.82, 2.24) is 4.31 Å². The molecule has 2 aliphatic rings. The number of hydrogen-bond donors (Lipinski definition) is 1. The van der Waals surface area contributed by atoms with Gasteiger partial charge in [-0.05, 0) is 32.1 Å². The molecule has 1 aliphatic heterocycles. The van der Waals surface area contributed by atoms with Crippen LogP contribution in [-0.2, 0) is 10.0 Å². The Morgan fingerprint density at radius 1 is 1.16 bits per heavy atom. The molecule has 112 valence electrons. The molecule has 0 bridgehead atoms. The van der Waals surface area contributed by atoms with Crippen molar-refractivity contribution in [3.8, 4) is 0 Å². The van der Waals surface area contributed by atoms with Crippen LogP contribution in [0.25, 0.3) is 0 Å². The van der Waals surface area contributed by atoms with E-state index >= 15 is 0 Å². The topological polar surface area (TPSA) is 57.6 Å². The van der Waals surface area contributed by atoms with Crippen LogP contribution in [0.4, 0.5) is 0 Å². The normalized spacial score (nSPS) is 33.7. The Kier molecular flexibility index (Phi) is 5.26. The van der Waals surface area contributed by atoms with Crippen molar-refractivity contribution in [1.29, 1.82) is 0 Å². The van der Waals surface area contributed by atoms with Crippen molar-refractivity contribution in [3.05, 3.63) is 0 Å². The molecule has 5 heteroatoms. The summed E-state index contributed by atoms with van der Waals surface area (Å²) in [7, 11) is -3.12. The molecule has 1 heterocycles. The fourth-order valence-corrected chi connectivity index (χ4v) is 5.54. The molecule has 3 unspecified atom stereocenters. The van der Waals surface area contributed by atoms with Crippen LogP contribution in [0.1, 0.15) is 58.3 Å². The summed E-state index contributed by atoms with van der Waals surface area (Å²) in [5.41, 5.74) is 0. The highest BCUT2D eigenvalue weighted by Crippen LogP contribution is 2.36. The molecule has 1 aliphatic carbocycles. The van der Waals surface area contributed by atoms with Gasteiger partial charge in [0.2, 0.25) is 10.0 Å². The van der Waals surface area contributed by atoms with Gasteiger partial charge in [0, 0.05) is 18.5 Å². The Balaban J connectivity index is 2.07. The van der Waals surface area contributed by atoms with Crippen LogP contribution >= 0.6 is 0 Å². The van der Waals surface area contributed by atoms with Gasteiger partial charge in [0.25, 0.3) is 0 Å². The number of aliphatic hydroxyl groups is 1. The van der Waals surface area contributed by atoms with Crippen LogP contribution in [-0.4, -0.2) is 42.3 Å². The predicted molar refractivity (Wildman–Crippen MR) is 76.4 cm³/mol. The van der Waals surface area contributed by atoms with Gasteiger partial charge in [0.15, 0.2) is 0 Å². The summed E-state index contributed by atoms with van der Waals surface area (Å²) < 4.78 is 26.5. The summed E-state index contributed by atoms with van der Waals surface area (Å²) in [6, 6.07) is 0.0529. The van der Waals surface area contributed by atoms with Gasteiger partial charge in [-0.2, -0.15) is 4.31 Å². The second-order valence-corrected chi connectivity index (χ2v) is 8.05. The van der Waals surface area contributed by atoms with Crippen LogP contribution in [0.15, 0.2) is 0 Å². The first-order valence-corrected chi connectivity index (χ1v) is 9.34. The lowest BCUT2D eigenvalue weighted by molar-refractivity contribution is 0.0386. The minimum atomic E-state index is -3.12. The Hall–Kier alpha value is -0.130. The number of aliphatic hydroxyl groups excluding tert-OH is 1. The number of sulfonamides is 1. The van der Waals surface area contributed by atoms with E-state index in [-0.39, 0.29) is 23.8 Å². The fourth-order valence-electron chi connectivity index (χ4n) is 3.57. The first-order chi connectivity index (χ1) is 9.06. The van der Waals surface area contributed by atoms with E-state index in [1.807, 2.05) is 6.92 Å². The number of unbranched alkanes of at least 4 members (excludes halogenated alkanes) is 1. The first kappa shape index (κ1) is 15.3. The quantitative estimate of drug-likeness (QED) is 0.843. The van der Waals surface area contributed by atoms with Gasteiger partial charge in [-0.25, -0.2) is 8.42 Å². The standard InChI is InChI=1S/C14H27NO3S/c1-2-3-11-19(17,18)15-10-6-8-13(15)12-7-4-5-9-14(12)16/h12-14,16H,2-11H2,1H3. The highest BCUT2D eigenvalue weighted by molar-refractivity contribution is 7.89. The molecule has 2 fully saturated rings. The van der Waals surface area contributed by atoms with Crippen LogP contribution in [0.3, 0.4) is 0 Å². The maximum atomic E-state index is 12.4. The molecule has 0 aromatic carbocycles. The molecule has 1 N–H and O–H groups in total. The Morgan fingerprint density at radius 2 is 1.89 bits per heavy atom. The van der Waals surface area contributed by atoms with E-state index in [4.69, 9.17) is 0 Å². The summed E-state index contributed by atoms with van der Waals surface area (Å²) >= 11 is 0. The largest absolute Gasteiger partial charge is 0.393 e. The third-order valence-electron chi connectivity index (χ3n) is 4.64. The van der Waals surface area contributed by atoms with E-state index in [1.54, 1.807) is 4.31 Å². The summed E-state index contributed by atoms with van der Waals surface area (Å²) in [6.07, 6.45) is 7.22. The van der Waals surface area contributed by atoms with Gasteiger partial charge in [-0.1, -0.05) is 26.2 Å². The van der Waals surface area contributed by atoms with Gasteiger partial charge < -0.3 is 5.11 Å². The fraction of sp³-hybridized carbons (Fsp3) is 1.00. The minimum absolute atomic E-state index is 0.0529. The number of nitrogens with zero attached hydrogens (tertiary/aromatic N) is 1. The van der Waals surface area contributed by atoms with Gasteiger partial charge >= 0.3 is 0 Å². The number of hydrogen-bond acceptors (Lipinski definition) is 3. The minimum Gasteiger partial charge on any atom is -0.393 e. The van der Waals surface area contributed by atoms with Crippen LogP contribution in [0, 0.1) is 5.92 Å². The summed E-state index contributed by atoms with van der Waals surface area (Å²) in [6.45, 7) is 2.67. The Labute approximate surface area is 117 Å². The van der Waals surface area contributed by atoms with Gasteiger partial charge in [0.05, 0.1) is 11.9 Å². The zero-order valence-electron chi connectivity index (χ0n) is 11.9. The SMILES string of the molecule is CCCCS(=O)(=O)N1CCCC1C1CCCCC1O. The molecule has 1 saturated carbocycles. The van der Waals surface area contributed by atoms with Crippen LogP contribution in [0.2, 0.25) is 0 Å². The number of rotatable bonds is 5. The van der Waals surface area contributed by atoms with Crippen molar-refractivity contribution < 1.29 is 13.5 Å². The lowest BCUT2D eigenvalue weighted by Gasteiger charge is -2.36. The van der Waals surface area contributed by atoms with Crippen molar-refractivity contribution in [2.75, 3.05) is 12.3 Å². The Bertz CT molecular complexity index is 382. The highest BCUT2D eigenvalue weighted by Gasteiger charge is 2.41. The molecular formula is C14H27NO3S. The molecule has 2 rings (SSSR count). The van der Waals surface area contributed by atoms with Crippen LogP contribution in [0.5, 0.6) is 0 Å². The molecular weight excluding hydrogens is 262 g/mol. The van der Waals surface area contributed by atoms with E-state index in [9.17, 15) is 13.5 Å². The van der Waals surface area contributed by atoms with E-state index in [2.05, 4.69) is 0 Å². The van der Waals surface area contributed by atoms with Crippen molar-refractivity contribution in [3.63, 3.8) is 0 Å². The summed E-state index contributed by atoms with van der Waals surface area (Å²) in [4.78, 5) is 0. The van der Waals surface area contributed by atoms with E-state index in [0.29, 0.717) is 6.54 Å². The lowest BCUT2D eigenvalue weighted by Crippen LogP contribution is -2.45. The molecule has 4 nitrogen and oxygen atoms in total. The zero-order valence-corrected chi connectivity index (χ0v) is 12.7. The monoisotopic (exact) mass is 289 g/mol. The second kappa shape index (κ2) is 6.55. The molecule has 0 aromatic rings. The van der Waals surface area contributed by atoms with Gasteiger partial charge in [-0.3, -0.25) is 0 Å². The van der Waals surface area contributed by atoms with Crippen LogP contribution < -0.4 is 0 Å². The highest BCUT2D eigenvalue weighted by atomic mass is 32.2. The maximum absolute atomic E-state index is 12.4. The Morgan fingerprint density at radius 3 is 2.58 bits per heavy atom. The molecule has 19 heavy (non-hydrogen) atoms. The molecule has 0 aromatic heterocycles. The third-order valence-corrected chi connectivity index (χ3v) is 6.61. The second-order valence-electron chi connectivity index (χ2n) is 6.01. The molecule has 0 radical (unpaired) electrons. The average Bonchev–Trinajstić information content (AvgIpc) is 2.87. The summed E-state index contributed by atoms with van der Waals surface area (Å²) in [5.74, 6) is 0.427. The molecule has 3 atom stereocenters. The van der Waals surface area contributed by atoms with Gasteiger partial charge in [-0.15, -0.1) is 0 Å². The van der Waals surface area contributed by atoms with Crippen molar-refractivity contribution >= 4 is 10.0 Å². The molecule has 0 amide bonds. The maximum Gasteiger partial charge on any atom is 0.214 e. The van der Waals surface area contributed by atoms with Gasteiger partial charge in [0.1, 0.15) is 0 Å². The molecule has 0 spiro atoms. The van der Waals surface area contributed by atoms with E-state index < -0.39 is 10.0 Å². The smallest absolute Gasteiger partial charge is 0.214 e. The average molecular weight is 289 g/mol. The van der Waals surface area contributed by atoms with Crippen molar-refractivity contribution in [2.24, 2.45) is 5.92 Å². The summed E-state index contributed by atoms with van der Waals surface area (Å²) in [5, 5.41) is 10.2. The van der Waals surface area contributed by atoms with Crippen molar-refractivity contribution in [2.45, 2.75) is 70.4 Å². The third kappa shape index (κ3) is 3.50. The van der Waals surface area contributed by atoms with E-state index in [0.717, 1.165) is 51.4 Å². The predicted octanol–water partition coefficient (Wildman–Crippen LogP) is 2.13. The van der Waals surface area contributed by atoms with E-state index in [1.165, 1.54) is 0 Å². The molecule has 1 saturated heterocycles. The zero-order chi connectivity index (χ0) is 13.9.